The van der Waals surface area contributed by atoms with Gasteiger partial charge in [-0.05, 0) is 19.4 Å². The molecule has 0 fully saturated rings. The van der Waals surface area contributed by atoms with E-state index >= 15 is 0 Å². The molecule has 1 aromatic rings. The molecule has 0 heterocycles. The van der Waals surface area contributed by atoms with E-state index in [-0.39, 0.29) is 12.4 Å². The van der Waals surface area contributed by atoms with E-state index in [1.807, 2.05) is 18.2 Å². The number of hydrogen-bond donors (Lipinski definition) is 1. The van der Waals surface area contributed by atoms with Crippen molar-refractivity contribution in [1.29, 1.82) is 0 Å². The first-order valence-corrected chi connectivity index (χ1v) is 5.00. The molecule has 15 heavy (non-hydrogen) atoms. The first kappa shape index (κ1) is 11.7. The average molecular weight is 208 g/mol. The molecule has 0 spiro atoms. The van der Waals surface area contributed by atoms with Crippen LogP contribution in [0.3, 0.4) is 0 Å². The molecular formula is C12H16O3. The molecule has 0 aromatic heterocycles. The summed E-state index contributed by atoms with van der Waals surface area (Å²) in [5.41, 5.74) is -0.439. The molecular weight excluding hydrogens is 192 g/mol. The number of ether oxygens (including phenoxy) is 1. The highest BCUT2D eigenvalue weighted by Crippen LogP contribution is 2.24. The van der Waals surface area contributed by atoms with E-state index in [0.717, 1.165) is 5.56 Å². The summed E-state index contributed by atoms with van der Waals surface area (Å²) in [4.78, 5) is 11.2. The van der Waals surface area contributed by atoms with Crippen molar-refractivity contribution >= 4 is 5.97 Å². The van der Waals surface area contributed by atoms with Crippen molar-refractivity contribution in [3.63, 3.8) is 0 Å². The molecule has 0 radical (unpaired) electrons. The molecule has 0 bridgehead atoms. The van der Waals surface area contributed by atoms with Gasteiger partial charge in [0.2, 0.25) is 0 Å². The van der Waals surface area contributed by atoms with Gasteiger partial charge in [-0.15, -0.1) is 0 Å². The molecule has 0 saturated carbocycles. The summed E-state index contributed by atoms with van der Waals surface area (Å²) in [6, 6.07) is 9.10. The Bertz CT molecular complexity index is 317. The van der Waals surface area contributed by atoms with E-state index in [1.54, 1.807) is 26.0 Å². The predicted molar refractivity (Wildman–Crippen MR) is 57.3 cm³/mol. The Morgan fingerprint density at radius 3 is 2.53 bits per heavy atom. The van der Waals surface area contributed by atoms with Crippen molar-refractivity contribution in [1.82, 2.24) is 0 Å². The molecule has 1 rings (SSSR count). The third-order valence-corrected chi connectivity index (χ3v) is 2.19. The van der Waals surface area contributed by atoms with Gasteiger partial charge in [0.1, 0.15) is 0 Å². The zero-order valence-corrected chi connectivity index (χ0v) is 9.06. The number of carbonyl (C=O) groups is 1. The van der Waals surface area contributed by atoms with Gasteiger partial charge in [-0.3, -0.25) is 4.79 Å². The minimum Gasteiger partial charge on any atom is -0.466 e. The lowest BCUT2D eigenvalue weighted by molar-refractivity contribution is -0.148. The molecule has 0 amide bonds. The summed E-state index contributed by atoms with van der Waals surface area (Å²) < 4.78 is 4.80. The monoisotopic (exact) mass is 208 g/mol. The second-order valence-electron chi connectivity index (χ2n) is 3.62. The van der Waals surface area contributed by atoms with Crippen LogP contribution in [0.1, 0.15) is 25.8 Å². The number of hydrogen-bond acceptors (Lipinski definition) is 3. The topological polar surface area (TPSA) is 46.5 Å². The maximum absolute atomic E-state index is 11.2. The summed E-state index contributed by atoms with van der Waals surface area (Å²) in [7, 11) is 0. The van der Waals surface area contributed by atoms with Crippen molar-refractivity contribution in [2.45, 2.75) is 25.9 Å². The van der Waals surface area contributed by atoms with Gasteiger partial charge >= 0.3 is 5.97 Å². The SMILES string of the molecule is CCOC(=O)C[C@@](C)(O)c1ccccc1. The van der Waals surface area contributed by atoms with Gasteiger partial charge in [-0.2, -0.15) is 0 Å². The smallest absolute Gasteiger partial charge is 0.309 e. The summed E-state index contributed by atoms with van der Waals surface area (Å²) in [6.45, 7) is 3.69. The van der Waals surface area contributed by atoms with E-state index in [2.05, 4.69) is 0 Å². The van der Waals surface area contributed by atoms with E-state index < -0.39 is 5.60 Å². The Balaban J connectivity index is 2.71. The zero-order chi connectivity index (χ0) is 11.3. The summed E-state index contributed by atoms with van der Waals surface area (Å²) in [5, 5.41) is 10.1. The number of rotatable bonds is 4. The Labute approximate surface area is 89.7 Å². The third kappa shape index (κ3) is 3.36. The van der Waals surface area contributed by atoms with Crippen LogP contribution in [0, 0.1) is 0 Å². The van der Waals surface area contributed by atoms with Crippen LogP contribution in [0.25, 0.3) is 0 Å². The molecule has 0 saturated heterocycles. The van der Waals surface area contributed by atoms with Crippen LogP contribution >= 0.6 is 0 Å². The predicted octanol–water partition coefficient (Wildman–Crippen LogP) is 1.85. The van der Waals surface area contributed by atoms with Gasteiger partial charge in [0, 0.05) is 0 Å². The fourth-order valence-electron chi connectivity index (χ4n) is 1.39. The van der Waals surface area contributed by atoms with Gasteiger partial charge in [-0.25, -0.2) is 0 Å². The standard InChI is InChI=1S/C12H16O3/c1-3-15-11(13)9-12(2,14)10-7-5-4-6-8-10/h4-8,14H,3,9H2,1-2H3/t12-/m1/s1. The number of carbonyl (C=O) groups excluding carboxylic acids is 1. The lowest BCUT2D eigenvalue weighted by atomic mass is 9.93. The van der Waals surface area contributed by atoms with Crippen molar-refractivity contribution < 1.29 is 14.6 Å². The first-order chi connectivity index (χ1) is 7.06. The summed E-state index contributed by atoms with van der Waals surface area (Å²) >= 11 is 0. The van der Waals surface area contributed by atoms with E-state index in [1.165, 1.54) is 0 Å². The fourth-order valence-corrected chi connectivity index (χ4v) is 1.39. The van der Waals surface area contributed by atoms with Gasteiger partial charge in [-0.1, -0.05) is 30.3 Å². The Kier molecular flexibility index (Phi) is 3.86. The molecule has 1 N–H and O–H groups in total. The van der Waals surface area contributed by atoms with E-state index in [0.29, 0.717) is 6.61 Å². The number of benzene rings is 1. The molecule has 0 aliphatic heterocycles. The molecule has 1 atom stereocenters. The van der Waals surface area contributed by atoms with Crippen LogP contribution in [-0.2, 0) is 15.1 Å². The van der Waals surface area contributed by atoms with Crippen LogP contribution in [0.15, 0.2) is 30.3 Å². The minimum absolute atomic E-state index is 0.0230. The Morgan fingerprint density at radius 2 is 2.00 bits per heavy atom. The zero-order valence-electron chi connectivity index (χ0n) is 9.06. The van der Waals surface area contributed by atoms with Gasteiger partial charge in [0.15, 0.2) is 0 Å². The fraction of sp³-hybridized carbons (Fsp3) is 0.417. The van der Waals surface area contributed by atoms with Crippen molar-refractivity contribution in [2.24, 2.45) is 0 Å². The number of aliphatic hydroxyl groups is 1. The van der Waals surface area contributed by atoms with Crippen LogP contribution in [-0.4, -0.2) is 17.7 Å². The minimum atomic E-state index is -1.16. The molecule has 82 valence electrons. The Hall–Kier alpha value is -1.35. The molecule has 0 unspecified atom stereocenters. The maximum atomic E-state index is 11.2. The molecule has 3 heteroatoms. The highest BCUT2D eigenvalue weighted by molar-refractivity contribution is 5.71. The van der Waals surface area contributed by atoms with E-state index in [4.69, 9.17) is 4.74 Å². The highest BCUT2D eigenvalue weighted by atomic mass is 16.5. The van der Waals surface area contributed by atoms with Gasteiger partial charge < -0.3 is 9.84 Å². The quantitative estimate of drug-likeness (QED) is 0.768. The van der Waals surface area contributed by atoms with Gasteiger partial charge in [0.05, 0.1) is 18.6 Å². The maximum Gasteiger partial charge on any atom is 0.309 e. The number of esters is 1. The first-order valence-electron chi connectivity index (χ1n) is 5.00. The van der Waals surface area contributed by atoms with Crippen molar-refractivity contribution in [3.8, 4) is 0 Å². The van der Waals surface area contributed by atoms with E-state index in [9.17, 15) is 9.90 Å². The normalized spacial score (nSPS) is 14.3. The third-order valence-electron chi connectivity index (χ3n) is 2.19. The second kappa shape index (κ2) is 4.94. The van der Waals surface area contributed by atoms with Gasteiger partial charge in [0.25, 0.3) is 0 Å². The largest absolute Gasteiger partial charge is 0.466 e. The molecule has 0 aliphatic rings. The van der Waals surface area contributed by atoms with Crippen molar-refractivity contribution in [2.75, 3.05) is 6.61 Å². The second-order valence-corrected chi connectivity index (χ2v) is 3.62. The average Bonchev–Trinajstić information content (AvgIpc) is 2.18. The molecule has 0 aliphatic carbocycles. The van der Waals surface area contributed by atoms with Crippen LogP contribution in [0.4, 0.5) is 0 Å². The Morgan fingerprint density at radius 1 is 1.40 bits per heavy atom. The summed E-state index contributed by atoms with van der Waals surface area (Å²) in [5.74, 6) is -0.383. The van der Waals surface area contributed by atoms with Crippen LogP contribution in [0.5, 0.6) is 0 Å². The molecule has 3 nitrogen and oxygen atoms in total. The lowest BCUT2D eigenvalue weighted by Gasteiger charge is -2.22. The molecule has 1 aromatic carbocycles. The van der Waals surface area contributed by atoms with Crippen molar-refractivity contribution in [3.05, 3.63) is 35.9 Å². The highest BCUT2D eigenvalue weighted by Gasteiger charge is 2.26. The van der Waals surface area contributed by atoms with Crippen LogP contribution < -0.4 is 0 Å². The van der Waals surface area contributed by atoms with Crippen LogP contribution in [0.2, 0.25) is 0 Å². The lowest BCUT2D eigenvalue weighted by Crippen LogP contribution is -2.26. The summed E-state index contributed by atoms with van der Waals surface area (Å²) in [6.07, 6.45) is -0.0230.